The maximum Gasteiger partial charge on any atom is 0.159 e. The molecule has 4 heteroatoms. The molecular formula is C24H25N3O. The largest absolute Gasteiger partial charge is 0.376 e. The van der Waals surface area contributed by atoms with E-state index in [4.69, 9.17) is 14.7 Å². The molecule has 3 aromatic rings. The molecule has 0 radical (unpaired) electrons. The van der Waals surface area contributed by atoms with E-state index in [1.54, 1.807) is 0 Å². The van der Waals surface area contributed by atoms with E-state index in [9.17, 15) is 0 Å². The summed E-state index contributed by atoms with van der Waals surface area (Å²) < 4.78 is 6.05. The van der Waals surface area contributed by atoms with Crippen molar-refractivity contribution < 1.29 is 4.74 Å². The van der Waals surface area contributed by atoms with Gasteiger partial charge in [-0.1, -0.05) is 60.7 Å². The Morgan fingerprint density at radius 2 is 1.75 bits per heavy atom. The van der Waals surface area contributed by atoms with Crippen LogP contribution in [0, 0.1) is 6.92 Å². The quantitative estimate of drug-likeness (QED) is 0.694. The Bertz CT molecular complexity index is 974. The molecule has 0 unspecified atom stereocenters. The van der Waals surface area contributed by atoms with Crippen molar-refractivity contribution in [2.24, 2.45) is 0 Å². The molecule has 4 nitrogen and oxygen atoms in total. The van der Waals surface area contributed by atoms with Gasteiger partial charge in [-0.3, -0.25) is 4.90 Å². The third-order valence-corrected chi connectivity index (χ3v) is 6.05. The summed E-state index contributed by atoms with van der Waals surface area (Å²) in [6.07, 6.45) is 1.08. The minimum atomic E-state index is -0.0282. The van der Waals surface area contributed by atoms with Crippen LogP contribution in [-0.4, -0.2) is 34.6 Å². The second-order valence-electron chi connectivity index (χ2n) is 8.05. The molecule has 2 aromatic carbocycles. The molecule has 5 rings (SSSR count). The molecule has 0 saturated carbocycles. The fourth-order valence-corrected chi connectivity index (χ4v) is 4.59. The Labute approximate surface area is 166 Å². The van der Waals surface area contributed by atoms with Crippen LogP contribution in [0.5, 0.6) is 0 Å². The van der Waals surface area contributed by atoms with Crippen molar-refractivity contribution in [2.75, 3.05) is 19.7 Å². The van der Waals surface area contributed by atoms with Gasteiger partial charge in [-0.2, -0.15) is 0 Å². The van der Waals surface area contributed by atoms with Crippen molar-refractivity contribution in [3.05, 3.63) is 83.2 Å². The van der Waals surface area contributed by atoms with E-state index in [0.29, 0.717) is 6.61 Å². The highest BCUT2D eigenvalue weighted by Gasteiger charge is 2.45. The molecule has 0 bridgehead atoms. The van der Waals surface area contributed by atoms with Crippen LogP contribution in [0.25, 0.3) is 11.4 Å². The fraction of sp³-hybridized carbons (Fsp3) is 0.333. The first kappa shape index (κ1) is 17.5. The van der Waals surface area contributed by atoms with Gasteiger partial charge in [0.2, 0.25) is 0 Å². The highest BCUT2D eigenvalue weighted by molar-refractivity contribution is 5.56. The number of hydrogen-bond acceptors (Lipinski definition) is 4. The molecule has 1 fully saturated rings. The van der Waals surface area contributed by atoms with E-state index in [1.807, 2.05) is 18.2 Å². The SMILES string of the molecule is Cc1nc(-c2ccccc2)nc2c1COC[C@@]21CCN(Cc2ccccc2)C1. The molecule has 0 amide bonds. The molecule has 3 heterocycles. The number of rotatable bonds is 3. The third kappa shape index (κ3) is 3.13. The molecule has 142 valence electrons. The Morgan fingerprint density at radius 1 is 1.00 bits per heavy atom. The lowest BCUT2D eigenvalue weighted by Crippen LogP contribution is -2.41. The summed E-state index contributed by atoms with van der Waals surface area (Å²) in [5.74, 6) is 0.833. The normalized spacial score (nSPS) is 21.8. The summed E-state index contributed by atoms with van der Waals surface area (Å²) in [5, 5.41) is 0. The van der Waals surface area contributed by atoms with E-state index < -0.39 is 0 Å². The number of nitrogens with zero attached hydrogens (tertiary/aromatic N) is 3. The molecule has 1 atom stereocenters. The summed E-state index contributed by atoms with van der Waals surface area (Å²) in [4.78, 5) is 12.4. The van der Waals surface area contributed by atoms with Crippen LogP contribution in [0.15, 0.2) is 60.7 Å². The molecule has 2 aliphatic heterocycles. The second kappa shape index (κ2) is 7.12. The zero-order chi connectivity index (χ0) is 19.0. The van der Waals surface area contributed by atoms with Crippen LogP contribution in [0.3, 0.4) is 0 Å². The fourth-order valence-electron chi connectivity index (χ4n) is 4.59. The van der Waals surface area contributed by atoms with Crippen LogP contribution in [-0.2, 0) is 23.3 Å². The second-order valence-corrected chi connectivity index (χ2v) is 8.05. The standard InChI is InChI=1S/C24H25N3O/c1-18-21-15-28-17-24(12-13-27(16-24)14-19-8-4-2-5-9-19)22(21)26-23(25-18)20-10-6-3-7-11-20/h2-11H,12-17H2,1H3/t24-/m0/s1. The topological polar surface area (TPSA) is 38.3 Å². The van der Waals surface area contributed by atoms with E-state index in [2.05, 4.69) is 54.3 Å². The molecule has 28 heavy (non-hydrogen) atoms. The van der Waals surface area contributed by atoms with Gasteiger partial charge in [0.1, 0.15) is 0 Å². The van der Waals surface area contributed by atoms with Gasteiger partial charge in [-0.05, 0) is 25.5 Å². The summed E-state index contributed by atoms with van der Waals surface area (Å²) >= 11 is 0. The summed E-state index contributed by atoms with van der Waals surface area (Å²) in [6.45, 7) is 6.49. The van der Waals surface area contributed by atoms with Gasteiger partial charge in [0, 0.05) is 29.9 Å². The first-order valence-electron chi connectivity index (χ1n) is 10.0. The molecule has 0 N–H and O–H groups in total. The Morgan fingerprint density at radius 3 is 2.54 bits per heavy atom. The van der Waals surface area contributed by atoms with Crippen molar-refractivity contribution >= 4 is 0 Å². The lowest BCUT2D eigenvalue weighted by molar-refractivity contribution is 0.0498. The number of benzene rings is 2. The Kier molecular flexibility index (Phi) is 4.46. The number of fused-ring (bicyclic) bond motifs is 2. The Hall–Kier alpha value is -2.56. The highest BCUT2D eigenvalue weighted by Crippen LogP contribution is 2.40. The number of hydrogen-bond donors (Lipinski definition) is 0. The number of aryl methyl sites for hydroxylation is 1. The van der Waals surface area contributed by atoms with Gasteiger partial charge in [-0.25, -0.2) is 9.97 Å². The Balaban J connectivity index is 1.49. The predicted octanol–water partition coefficient (Wildman–Crippen LogP) is 4.13. The lowest BCUT2D eigenvalue weighted by Gasteiger charge is -2.35. The van der Waals surface area contributed by atoms with Crippen LogP contribution >= 0.6 is 0 Å². The van der Waals surface area contributed by atoms with Crippen molar-refractivity contribution in [2.45, 2.75) is 31.9 Å². The van der Waals surface area contributed by atoms with Gasteiger partial charge in [0.05, 0.1) is 24.3 Å². The van der Waals surface area contributed by atoms with Crippen molar-refractivity contribution in [3.63, 3.8) is 0 Å². The number of likely N-dealkylation sites (tertiary alicyclic amines) is 1. The minimum absolute atomic E-state index is 0.0282. The van der Waals surface area contributed by atoms with Gasteiger partial charge in [0.25, 0.3) is 0 Å². The predicted molar refractivity (Wildman–Crippen MR) is 110 cm³/mol. The van der Waals surface area contributed by atoms with Crippen molar-refractivity contribution in [1.29, 1.82) is 0 Å². The average molecular weight is 371 g/mol. The molecule has 0 aliphatic carbocycles. The number of aromatic nitrogens is 2. The summed E-state index contributed by atoms with van der Waals surface area (Å²) in [5.41, 5.74) is 5.85. The van der Waals surface area contributed by atoms with Crippen molar-refractivity contribution in [1.82, 2.24) is 14.9 Å². The zero-order valence-corrected chi connectivity index (χ0v) is 16.3. The average Bonchev–Trinajstić information content (AvgIpc) is 3.13. The van der Waals surface area contributed by atoms with Crippen LogP contribution in [0.4, 0.5) is 0 Å². The molecule has 1 aromatic heterocycles. The van der Waals surface area contributed by atoms with Crippen LogP contribution < -0.4 is 0 Å². The van der Waals surface area contributed by atoms with E-state index in [-0.39, 0.29) is 5.41 Å². The van der Waals surface area contributed by atoms with E-state index in [1.165, 1.54) is 16.8 Å². The first-order chi connectivity index (χ1) is 13.7. The lowest BCUT2D eigenvalue weighted by atomic mass is 9.80. The highest BCUT2D eigenvalue weighted by atomic mass is 16.5. The molecule has 2 aliphatic rings. The van der Waals surface area contributed by atoms with Gasteiger partial charge in [0.15, 0.2) is 5.82 Å². The van der Waals surface area contributed by atoms with Gasteiger partial charge >= 0.3 is 0 Å². The first-order valence-corrected chi connectivity index (χ1v) is 10.0. The zero-order valence-electron chi connectivity index (χ0n) is 16.3. The van der Waals surface area contributed by atoms with E-state index >= 15 is 0 Å². The number of ether oxygens (including phenoxy) is 1. The molecule has 1 spiro atoms. The van der Waals surface area contributed by atoms with Crippen LogP contribution in [0.2, 0.25) is 0 Å². The molecular weight excluding hydrogens is 346 g/mol. The van der Waals surface area contributed by atoms with Crippen molar-refractivity contribution in [3.8, 4) is 11.4 Å². The summed E-state index contributed by atoms with van der Waals surface area (Å²) in [7, 11) is 0. The smallest absolute Gasteiger partial charge is 0.159 e. The summed E-state index contributed by atoms with van der Waals surface area (Å²) in [6, 6.07) is 21.0. The van der Waals surface area contributed by atoms with E-state index in [0.717, 1.165) is 49.7 Å². The monoisotopic (exact) mass is 371 g/mol. The van der Waals surface area contributed by atoms with Gasteiger partial charge < -0.3 is 4.74 Å². The van der Waals surface area contributed by atoms with Crippen LogP contribution in [0.1, 0.15) is 28.9 Å². The minimum Gasteiger partial charge on any atom is -0.376 e. The third-order valence-electron chi connectivity index (χ3n) is 6.05. The maximum absolute atomic E-state index is 6.05. The van der Waals surface area contributed by atoms with Gasteiger partial charge in [-0.15, -0.1) is 0 Å². The molecule has 1 saturated heterocycles. The maximum atomic E-state index is 6.05.